The van der Waals surface area contributed by atoms with Crippen LogP contribution in [0.25, 0.3) is 0 Å². The number of hydrogen-bond acceptors (Lipinski definition) is 4. The molecule has 2 rings (SSSR count). The number of ether oxygens (including phenoxy) is 1. The lowest BCUT2D eigenvalue weighted by molar-refractivity contribution is 0.412. The number of nitrogens with zero attached hydrogens (tertiary/aromatic N) is 3. The molecule has 0 unspecified atom stereocenters. The van der Waals surface area contributed by atoms with E-state index >= 15 is 0 Å². The zero-order valence-corrected chi connectivity index (χ0v) is 13.6. The Morgan fingerprint density at radius 3 is 2.85 bits per heavy atom. The van der Waals surface area contributed by atoms with E-state index < -0.39 is 0 Å². The molecule has 0 radical (unpaired) electrons. The molecule has 1 aromatic carbocycles. The maximum Gasteiger partial charge on any atom is 0.282 e. The van der Waals surface area contributed by atoms with Crippen molar-refractivity contribution in [3.63, 3.8) is 0 Å². The van der Waals surface area contributed by atoms with Crippen LogP contribution in [0.1, 0.15) is 11.1 Å². The van der Waals surface area contributed by atoms with Crippen LogP contribution in [0.2, 0.25) is 0 Å². The summed E-state index contributed by atoms with van der Waals surface area (Å²) in [5.41, 5.74) is 1.04. The molecule has 0 aliphatic heterocycles. The number of benzene rings is 1. The second kappa shape index (κ2) is 6.20. The van der Waals surface area contributed by atoms with Gasteiger partial charge >= 0.3 is 0 Å². The standard InChI is InChI=1S/C13H9Br2N3O2/c1-20-11-4-8(2-3-9(11)5-16)7-18-13(19)12(15)10(14)6-17-18/h2-4,6H,7H2,1H3. The van der Waals surface area contributed by atoms with Gasteiger partial charge in [-0.1, -0.05) is 6.07 Å². The molecule has 1 aromatic heterocycles. The molecule has 0 aliphatic rings. The average molecular weight is 399 g/mol. The molecule has 0 atom stereocenters. The fraction of sp³-hybridized carbons (Fsp3) is 0.154. The minimum Gasteiger partial charge on any atom is -0.495 e. The van der Waals surface area contributed by atoms with E-state index in [9.17, 15) is 4.79 Å². The highest BCUT2D eigenvalue weighted by Crippen LogP contribution is 2.20. The van der Waals surface area contributed by atoms with Gasteiger partial charge < -0.3 is 4.74 Å². The van der Waals surface area contributed by atoms with Gasteiger partial charge in [0.2, 0.25) is 0 Å². The number of rotatable bonds is 3. The van der Waals surface area contributed by atoms with Gasteiger partial charge in [0.25, 0.3) is 5.56 Å². The summed E-state index contributed by atoms with van der Waals surface area (Å²) in [4.78, 5) is 12.0. The monoisotopic (exact) mass is 397 g/mol. The van der Waals surface area contributed by atoms with Crippen LogP contribution in [0.4, 0.5) is 0 Å². The first kappa shape index (κ1) is 14.8. The first-order valence-corrected chi connectivity index (χ1v) is 7.13. The maximum absolute atomic E-state index is 12.0. The molecule has 0 N–H and O–H groups in total. The topological polar surface area (TPSA) is 67.9 Å². The molecule has 0 amide bonds. The van der Waals surface area contributed by atoms with Gasteiger partial charge in [0.05, 0.1) is 29.9 Å². The molecule has 0 saturated heterocycles. The van der Waals surface area contributed by atoms with Crippen LogP contribution >= 0.6 is 31.9 Å². The Bertz CT molecular complexity index is 750. The molecule has 0 spiro atoms. The van der Waals surface area contributed by atoms with Gasteiger partial charge in [0.1, 0.15) is 16.3 Å². The van der Waals surface area contributed by atoms with Crippen molar-refractivity contribution >= 4 is 31.9 Å². The Morgan fingerprint density at radius 1 is 1.45 bits per heavy atom. The first-order chi connectivity index (χ1) is 9.56. The van der Waals surface area contributed by atoms with Crippen molar-refractivity contribution in [2.24, 2.45) is 0 Å². The third kappa shape index (κ3) is 2.92. The fourth-order valence-corrected chi connectivity index (χ4v) is 2.23. The molecule has 20 heavy (non-hydrogen) atoms. The second-order valence-electron chi connectivity index (χ2n) is 3.92. The van der Waals surface area contributed by atoms with Crippen molar-refractivity contribution in [3.05, 3.63) is 54.8 Å². The Kier molecular flexibility index (Phi) is 4.57. The van der Waals surface area contributed by atoms with Gasteiger partial charge in [0.15, 0.2) is 0 Å². The normalized spacial score (nSPS) is 10.1. The number of aromatic nitrogens is 2. The van der Waals surface area contributed by atoms with E-state index in [-0.39, 0.29) is 5.56 Å². The quantitative estimate of drug-likeness (QED) is 0.797. The molecule has 0 fully saturated rings. The van der Waals surface area contributed by atoms with E-state index in [0.717, 1.165) is 5.56 Å². The van der Waals surface area contributed by atoms with Gasteiger partial charge in [-0.3, -0.25) is 4.79 Å². The largest absolute Gasteiger partial charge is 0.495 e. The molecule has 102 valence electrons. The van der Waals surface area contributed by atoms with E-state index in [1.54, 1.807) is 24.4 Å². The molecule has 5 nitrogen and oxygen atoms in total. The Labute approximate surface area is 132 Å². The van der Waals surface area contributed by atoms with Crippen molar-refractivity contribution in [3.8, 4) is 11.8 Å². The lowest BCUT2D eigenvalue weighted by atomic mass is 10.1. The molecule has 2 aromatic rings. The molecule has 0 bridgehead atoms. The summed E-state index contributed by atoms with van der Waals surface area (Å²) in [6, 6.07) is 7.20. The number of nitriles is 1. The van der Waals surface area contributed by atoms with E-state index in [4.69, 9.17) is 10.00 Å². The molecular formula is C13H9Br2N3O2. The lowest BCUT2D eigenvalue weighted by Crippen LogP contribution is -2.24. The summed E-state index contributed by atoms with van der Waals surface area (Å²) < 4.78 is 7.50. The van der Waals surface area contributed by atoms with Crippen molar-refractivity contribution in [2.75, 3.05) is 7.11 Å². The average Bonchev–Trinajstić information content (AvgIpc) is 2.47. The van der Waals surface area contributed by atoms with E-state index in [1.807, 2.05) is 6.07 Å². The van der Waals surface area contributed by atoms with Gasteiger partial charge in [-0.25, -0.2) is 4.68 Å². The fourth-order valence-electron chi connectivity index (χ4n) is 1.66. The van der Waals surface area contributed by atoms with Gasteiger partial charge in [-0.05, 0) is 49.6 Å². The number of hydrogen-bond donors (Lipinski definition) is 0. The van der Waals surface area contributed by atoms with Crippen LogP contribution in [-0.4, -0.2) is 16.9 Å². The number of methoxy groups -OCH3 is 1. The highest BCUT2D eigenvalue weighted by atomic mass is 79.9. The minimum atomic E-state index is -0.234. The highest BCUT2D eigenvalue weighted by molar-refractivity contribution is 9.13. The van der Waals surface area contributed by atoms with Crippen LogP contribution in [-0.2, 0) is 6.54 Å². The Morgan fingerprint density at radius 2 is 2.20 bits per heavy atom. The molecule has 0 saturated carbocycles. The summed E-state index contributed by atoms with van der Waals surface area (Å²) in [6.45, 7) is 0.298. The van der Waals surface area contributed by atoms with Crippen molar-refractivity contribution in [1.82, 2.24) is 9.78 Å². The van der Waals surface area contributed by atoms with Gasteiger partial charge in [-0.2, -0.15) is 10.4 Å². The molecule has 7 heteroatoms. The van der Waals surface area contributed by atoms with E-state index in [2.05, 4.69) is 37.0 Å². The Hall–Kier alpha value is -1.65. The summed E-state index contributed by atoms with van der Waals surface area (Å²) in [5.74, 6) is 0.481. The van der Waals surface area contributed by atoms with Crippen LogP contribution < -0.4 is 10.3 Å². The smallest absolute Gasteiger partial charge is 0.282 e. The van der Waals surface area contributed by atoms with Gasteiger partial charge in [0, 0.05) is 0 Å². The van der Waals surface area contributed by atoms with Crippen LogP contribution in [0, 0.1) is 11.3 Å². The second-order valence-corrected chi connectivity index (χ2v) is 5.56. The van der Waals surface area contributed by atoms with E-state index in [0.29, 0.717) is 26.8 Å². The van der Waals surface area contributed by atoms with Gasteiger partial charge in [-0.15, -0.1) is 0 Å². The molecule has 0 aliphatic carbocycles. The highest BCUT2D eigenvalue weighted by Gasteiger charge is 2.09. The van der Waals surface area contributed by atoms with Crippen LogP contribution in [0.3, 0.4) is 0 Å². The van der Waals surface area contributed by atoms with Crippen LogP contribution in [0.15, 0.2) is 38.1 Å². The van der Waals surface area contributed by atoms with Crippen molar-refractivity contribution in [1.29, 1.82) is 5.26 Å². The van der Waals surface area contributed by atoms with Crippen LogP contribution in [0.5, 0.6) is 5.75 Å². The summed E-state index contributed by atoms with van der Waals surface area (Å²) in [5, 5.41) is 13.0. The maximum atomic E-state index is 12.0. The summed E-state index contributed by atoms with van der Waals surface area (Å²) in [7, 11) is 1.50. The summed E-state index contributed by atoms with van der Waals surface area (Å²) in [6.07, 6.45) is 1.55. The molecule has 1 heterocycles. The van der Waals surface area contributed by atoms with Crippen molar-refractivity contribution < 1.29 is 4.74 Å². The zero-order chi connectivity index (χ0) is 14.7. The SMILES string of the molecule is COc1cc(Cn2ncc(Br)c(Br)c2=O)ccc1C#N. The zero-order valence-electron chi connectivity index (χ0n) is 10.4. The summed E-state index contributed by atoms with van der Waals surface area (Å²) >= 11 is 6.43. The Balaban J connectivity index is 2.39. The first-order valence-electron chi connectivity index (χ1n) is 5.55. The predicted octanol–water partition coefficient (Wildman–Crippen LogP) is 2.70. The third-order valence-electron chi connectivity index (χ3n) is 2.66. The third-order valence-corrected chi connectivity index (χ3v) is 4.56. The minimum absolute atomic E-state index is 0.234. The predicted molar refractivity (Wildman–Crippen MR) is 80.7 cm³/mol. The molecular weight excluding hydrogens is 390 g/mol. The van der Waals surface area contributed by atoms with E-state index in [1.165, 1.54) is 11.8 Å². The van der Waals surface area contributed by atoms with Crippen molar-refractivity contribution in [2.45, 2.75) is 6.54 Å². The number of halogens is 2. The lowest BCUT2D eigenvalue weighted by Gasteiger charge is -2.08.